The number of nitrogens with two attached hydrogens (primary N) is 1. The number of nitrogens with one attached hydrogen (secondary N) is 1. The van der Waals surface area contributed by atoms with E-state index in [4.69, 9.17) is 15.7 Å². The molecule has 0 saturated carbocycles. The van der Waals surface area contributed by atoms with Crippen molar-refractivity contribution in [2.24, 2.45) is 5.92 Å². The van der Waals surface area contributed by atoms with Crippen LogP contribution in [0.2, 0.25) is 0 Å². The number of rotatable bonds is 4. The molecule has 0 aromatic heterocycles. The molecule has 0 amide bonds. The van der Waals surface area contributed by atoms with Crippen LogP contribution in [0, 0.1) is 17.2 Å². The number of benzene rings is 1. The third-order valence-electron chi connectivity index (χ3n) is 3.08. The molecule has 2 rings (SSSR count). The van der Waals surface area contributed by atoms with Crippen LogP contribution in [-0.4, -0.2) is 19.8 Å². The third kappa shape index (κ3) is 3.11. The first-order valence-electron chi connectivity index (χ1n) is 5.91. The van der Waals surface area contributed by atoms with E-state index in [2.05, 4.69) is 11.4 Å². The maximum absolute atomic E-state index is 8.87. The van der Waals surface area contributed by atoms with Gasteiger partial charge in [-0.2, -0.15) is 5.26 Å². The highest BCUT2D eigenvalue weighted by Gasteiger charge is 2.14. The van der Waals surface area contributed by atoms with E-state index in [9.17, 15) is 0 Å². The lowest BCUT2D eigenvalue weighted by molar-refractivity contribution is 0.185. The van der Waals surface area contributed by atoms with Gasteiger partial charge in [0.05, 0.1) is 5.56 Å². The van der Waals surface area contributed by atoms with Gasteiger partial charge >= 0.3 is 0 Å². The molecule has 3 N–H and O–H groups in total. The summed E-state index contributed by atoms with van der Waals surface area (Å²) in [6, 6.07) is 7.54. The summed E-state index contributed by atoms with van der Waals surface area (Å²) in [5, 5.41) is 12.2. The fourth-order valence-corrected chi connectivity index (χ4v) is 1.99. The van der Waals surface area contributed by atoms with E-state index in [1.807, 2.05) is 6.07 Å². The summed E-state index contributed by atoms with van der Waals surface area (Å²) in [5.41, 5.74) is 7.67. The molecule has 17 heavy (non-hydrogen) atoms. The van der Waals surface area contributed by atoms with Crippen molar-refractivity contribution in [1.29, 1.82) is 5.26 Å². The molecule has 1 saturated heterocycles. The predicted molar refractivity (Wildman–Crippen MR) is 67.6 cm³/mol. The van der Waals surface area contributed by atoms with Crippen molar-refractivity contribution in [2.45, 2.75) is 12.8 Å². The summed E-state index contributed by atoms with van der Waals surface area (Å²) in [5.74, 6) is 0.673. The molecule has 90 valence electrons. The Bertz CT molecular complexity index is 419. The van der Waals surface area contributed by atoms with E-state index in [1.54, 1.807) is 12.1 Å². The number of nitrogen functional groups attached to an aromatic ring is 1. The molecule has 1 heterocycles. The predicted octanol–water partition coefficient (Wildman–Crippen LogP) is 1.98. The minimum absolute atomic E-state index is 0.527. The molecule has 1 unspecified atom stereocenters. The molecule has 1 atom stereocenters. The summed E-state index contributed by atoms with van der Waals surface area (Å²) in [6.07, 6.45) is 2.26. The van der Waals surface area contributed by atoms with Crippen molar-refractivity contribution in [1.82, 2.24) is 0 Å². The Labute approximate surface area is 101 Å². The van der Waals surface area contributed by atoms with Crippen LogP contribution < -0.4 is 11.1 Å². The van der Waals surface area contributed by atoms with Gasteiger partial charge in [-0.15, -0.1) is 0 Å². The molecule has 1 aromatic rings. The molecule has 0 bridgehead atoms. The fourth-order valence-electron chi connectivity index (χ4n) is 1.99. The van der Waals surface area contributed by atoms with Crippen LogP contribution in [0.1, 0.15) is 18.4 Å². The van der Waals surface area contributed by atoms with Crippen molar-refractivity contribution < 1.29 is 4.74 Å². The lowest BCUT2D eigenvalue weighted by atomic mass is 10.1. The van der Waals surface area contributed by atoms with E-state index < -0.39 is 0 Å². The van der Waals surface area contributed by atoms with Crippen LogP contribution >= 0.6 is 0 Å². The molecule has 0 aliphatic carbocycles. The Balaban J connectivity index is 1.84. The average Bonchev–Trinajstić information content (AvgIpc) is 2.84. The summed E-state index contributed by atoms with van der Waals surface area (Å²) in [6.45, 7) is 2.68. The second-order valence-corrected chi connectivity index (χ2v) is 4.36. The number of hydrogen-bond donors (Lipinski definition) is 2. The Kier molecular flexibility index (Phi) is 3.84. The third-order valence-corrected chi connectivity index (χ3v) is 3.08. The van der Waals surface area contributed by atoms with Gasteiger partial charge in [-0.3, -0.25) is 0 Å². The smallest absolute Gasteiger partial charge is 0.101 e. The molecule has 1 aliphatic rings. The van der Waals surface area contributed by atoms with Gasteiger partial charge in [-0.25, -0.2) is 0 Å². The van der Waals surface area contributed by atoms with E-state index in [1.165, 1.54) is 0 Å². The van der Waals surface area contributed by atoms with Gasteiger partial charge in [0.25, 0.3) is 0 Å². The van der Waals surface area contributed by atoms with Crippen LogP contribution in [0.5, 0.6) is 0 Å². The molecule has 0 spiro atoms. The number of ether oxygens (including phenoxy) is 1. The summed E-state index contributed by atoms with van der Waals surface area (Å²) in [4.78, 5) is 0. The largest absolute Gasteiger partial charge is 0.398 e. The van der Waals surface area contributed by atoms with Crippen LogP contribution in [-0.2, 0) is 4.74 Å². The van der Waals surface area contributed by atoms with Gasteiger partial charge in [0.15, 0.2) is 0 Å². The van der Waals surface area contributed by atoms with Gasteiger partial charge < -0.3 is 15.8 Å². The highest BCUT2D eigenvalue weighted by atomic mass is 16.5. The normalized spacial score (nSPS) is 18.9. The molecular weight excluding hydrogens is 214 g/mol. The second-order valence-electron chi connectivity index (χ2n) is 4.36. The van der Waals surface area contributed by atoms with Crippen LogP contribution in [0.3, 0.4) is 0 Å². The molecule has 1 fully saturated rings. The van der Waals surface area contributed by atoms with Crippen molar-refractivity contribution in [3.8, 4) is 6.07 Å². The first kappa shape index (κ1) is 11.7. The SMILES string of the molecule is N#Cc1cc(NCCC2CCOC2)ccc1N. The van der Waals surface area contributed by atoms with Crippen LogP contribution in [0.25, 0.3) is 0 Å². The van der Waals surface area contributed by atoms with E-state index in [-0.39, 0.29) is 0 Å². The van der Waals surface area contributed by atoms with Crippen molar-refractivity contribution in [2.75, 3.05) is 30.8 Å². The van der Waals surface area contributed by atoms with Gasteiger partial charge in [-0.1, -0.05) is 0 Å². The Morgan fingerprint density at radius 3 is 3.12 bits per heavy atom. The summed E-state index contributed by atoms with van der Waals surface area (Å²) >= 11 is 0. The van der Waals surface area contributed by atoms with Gasteiger partial charge in [0.2, 0.25) is 0 Å². The molecule has 0 radical (unpaired) electrons. The molecule has 4 nitrogen and oxygen atoms in total. The van der Waals surface area contributed by atoms with Crippen molar-refractivity contribution >= 4 is 11.4 Å². The van der Waals surface area contributed by atoms with Crippen LogP contribution in [0.15, 0.2) is 18.2 Å². The van der Waals surface area contributed by atoms with Gasteiger partial charge in [0.1, 0.15) is 6.07 Å². The zero-order valence-corrected chi connectivity index (χ0v) is 9.78. The topological polar surface area (TPSA) is 71.1 Å². The maximum atomic E-state index is 8.87. The monoisotopic (exact) mass is 231 g/mol. The van der Waals surface area contributed by atoms with E-state index >= 15 is 0 Å². The number of hydrogen-bond acceptors (Lipinski definition) is 4. The highest BCUT2D eigenvalue weighted by molar-refractivity contribution is 5.61. The number of anilines is 2. The first-order chi connectivity index (χ1) is 8.29. The Morgan fingerprint density at radius 2 is 2.41 bits per heavy atom. The molecule has 1 aromatic carbocycles. The zero-order chi connectivity index (χ0) is 12.1. The summed E-state index contributed by atoms with van der Waals surface area (Å²) in [7, 11) is 0. The fraction of sp³-hybridized carbons (Fsp3) is 0.462. The Morgan fingerprint density at radius 1 is 1.53 bits per heavy atom. The summed E-state index contributed by atoms with van der Waals surface area (Å²) < 4.78 is 5.32. The standard InChI is InChI=1S/C13H17N3O/c14-8-11-7-12(1-2-13(11)15)16-5-3-10-4-6-17-9-10/h1-2,7,10,16H,3-6,9,15H2. The number of nitrogens with zero attached hydrogens (tertiary/aromatic N) is 1. The average molecular weight is 231 g/mol. The lowest BCUT2D eigenvalue weighted by Crippen LogP contribution is -2.09. The van der Waals surface area contributed by atoms with Crippen molar-refractivity contribution in [3.05, 3.63) is 23.8 Å². The molecule has 4 heteroatoms. The maximum Gasteiger partial charge on any atom is 0.101 e. The minimum Gasteiger partial charge on any atom is -0.398 e. The number of nitriles is 1. The van der Waals surface area contributed by atoms with Gasteiger partial charge in [-0.05, 0) is 37.0 Å². The first-order valence-corrected chi connectivity index (χ1v) is 5.91. The minimum atomic E-state index is 0.527. The van der Waals surface area contributed by atoms with Crippen LogP contribution in [0.4, 0.5) is 11.4 Å². The molecular formula is C13H17N3O. The zero-order valence-electron chi connectivity index (χ0n) is 9.78. The van der Waals surface area contributed by atoms with Crippen molar-refractivity contribution in [3.63, 3.8) is 0 Å². The second kappa shape index (κ2) is 5.55. The highest BCUT2D eigenvalue weighted by Crippen LogP contribution is 2.19. The lowest BCUT2D eigenvalue weighted by Gasteiger charge is -2.10. The van der Waals surface area contributed by atoms with Gasteiger partial charge in [0, 0.05) is 31.1 Å². The molecule has 1 aliphatic heterocycles. The van der Waals surface area contributed by atoms with E-state index in [0.717, 1.165) is 38.3 Å². The quantitative estimate of drug-likeness (QED) is 0.777. The van der Waals surface area contributed by atoms with E-state index in [0.29, 0.717) is 17.2 Å². The Hall–Kier alpha value is -1.73.